The van der Waals surface area contributed by atoms with Crippen molar-refractivity contribution in [2.75, 3.05) is 0 Å². The van der Waals surface area contributed by atoms with E-state index in [0.29, 0.717) is 34.9 Å². The molecule has 0 aliphatic rings. The lowest BCUT2D eigenvalue weighted by atomic mass is 10.0. The van der Waals surface area contributed by atoms with Gasteiger partial charge < -0.3 is 0 Å². The van der Waals surface area contributed by atoms with Crippen LogP contribution in [0.2, 0.25) is 0 Å². The second kappa shape index (κ2) is 19.0. The Kier molecular flexibility index (Phi) is 12.3. The summed E-state index contributed by atoms with van der Waals surface area (Å²) in [6.45, 7) is 0. The Labute approximate surface area is 377 Å². The Morgan fingerprint density at radius 3 is 0.548 bits per heavy atom. The fourth-order valence-electron chi connectivity index (χ4n) is 6.78. The lowest BCUT2D eigenvalue weighted by Gasteiger charge is -2.09. The molecule has 0 amide bonds. The monoisotopic (exact) mass is 926 g/mol. The van der Waals surface area contributed by atoms with Crippen molar-refractivity contribution in [2.24, 2.45) is 0 Å². The highest BCUT2D eigenvalue weighted by Crippen LogP contribution is 2.30. The second-order valence-electron chi connectivity index (χ2n) is 14.2. The smallest absolute Gasteiger partial charge is 0.164 e. The summed E-state index contributed by atoms with van der Waals surface area (Å²) in [7, 11) is 0. The van der Waals surface area contributed by atoms with E-state index in [2.05, 4.69) is 105 Å². The molecule has 2 heterocycles. The van der Waals surface area contributed by atoms with Crippen LogP contribution in [-0.2, 0) is 0 Å². The van der Waals surface area contributed by atoms with E-state index in [1.165, 1.54) is 11.1 Å². The maximum atomic E-state index is 4.78. The lowest BCUT2D eigenvalue weighted by Crippen LogP contribution is -2.00. The molecule has 0 spiro atoms. The van der Waals surface area contributed by atoms with Gasteiger partial charge in [0.05, 0.1) is 0 Å². The van der Waals surface area contributed by atoms with Crippen LogP contribution in [0, 0.1) is 0 Å². The topological polar surface area (TPSA) is 77.3 Å². The van der Waals surface area contributed by atoms with Gasteiger partial charge in [-0.15, -0.1) is 0 Å². The molecule has 2 aromatic heterocycles. The Bertz CT molecular complexity index is 2700. The number of halogens is 2. The van der Waals surface area contributed by atoms with Crippen molar-refractivity contribution in [3.8, 4) is 90.6 Å². The third-order valence-electron chi connectivity index (χ3n) is 10.0. The summed E-state index contributed by atoms with van der Waals surface area (Å²) < 4.78 is 2.14. The van der Waals surface area contributed by atoms with E-state index < -0.39 is 0 Å². The molecular formula is C54H36Br2N6. The highest BCUT2D eigenvalue weighted by Gasteiger charge is 2.14. The molecule has 6 nitrogen and oxygen atoms in total. The number of aromatic nitrogens is 6. The van der Waals surface area contributed by atoms with Crippen LogP contribution in [-0.4, -0.2) is 29.9 Å². The summed E-state index contributed by atoms with van der Waals surface area (Å²) in [5.74, 6) is 4.00. The minimum Gasteiger partial charge on any atom is -0.208 e. The summed E-state index contributed by atoms with van der Waals surface area (Å²) in [4.78, 5) is 28.6. The van der Waals surface area contributed by atoms with Gasteiger partial charge in [0, 0.05) is 42.3 Å². The number of benzene rings is 8. The van der Waals surface area contributed by atoms with Crippen LogP contribution in [0.5, 0.6) is 0 Å². The highest BCUT2D eigenvalue weighted by molar-refractivity contribution is 9.10. The molecule has 8 aromatic carbocycles. The largest absolute Gasteiger partial charge is 0.208 e. The molecule has 296 valence electrons. The van der Waals surface area contributed by atoms with E-state index in [4.69, 9.17) is 29.9 Å². The van der Waals surface area contributed by atoms with Crippen molar-refractivity contribution >= 4 is 31.9 Å². The van der Waals surface area contributed by atoms with Crippen LogP contribution in [0.1, 0.15) is 0 Å². The molecule has 0 saturated heterocycles. The zero-order chi connectivity index (χ0) is 42.1. The van der Waals surface area contributed by atoms with Gasteiger partial charge in [0.15, 0.2) is 34.9 Å². The number of nitrogens with zero attached hydrogens (tertiary/aromatic N) is 6. The van der Waals surface area contributed by atoms with Gasteiger partial charge in [-0.1, -0.05) is 226 Å². The molecule has 10 aromatic rings. The van der Waals surface area contributed by atoms with Crippen molar-refractivity contribution < 1.29 is 0 Å². The van der Waals surface area contributed by atoms with Gasteiger partial charge in [-0.2, -0.15) is 0 Å². The van der Waals surface area contributed by atoms with Gasteiger partial charge in [0.1, 0.15) is 0 Å². The van der Waals surface area contributed by atoms with Gasteiger partial charge >= 0.3 is 0 Å². The van der Waals surface area contributed by atoms with Crippen molar-refractivity contribution in [2.45, 2.75) is 0 Å². The summed E-state index contributed by atoms with van der Waals surface area (Å²) in [6.07, 6.45) is 0. The first-order chi connectivity index (χ1) is 30.5. The summed E-state index contributed by atoms with van der Waals surface area (Å²) in [5.41, 5.74) is 10.4. The van der Waals surface area contributed by atoms with Crippen molar-refractivity contribution in [3.05, 3.63) is 227 Å². The lowest BCUT2D eigenvalue weighted by molar-refractivity contribution is 1.07. The van der Waals surface area contributed by atoms with Gasteiger partial charge in [0.2, 0.25) is 0 Å². The highest BCUT2D eigenvalue weighted by atomic mass is 79.9. The van der Waals surface area contributed by atoms with Gasteiger partial charge in [0.25, 0.3) is 0 Å². The molecule has 10 rings (SSSR count). The molecule has 8 heteroatoms. The maximum Gasteiger partial charge on any atom is 0.164 e. The summed E-state index contributed by atoms with van der Waals surface area (Å²) in [5, 5.41) is 0. The Balaban J connectivity index is 0.000000158. The SMILES string of the molecule is Brc1ccc(-c2ccc(-c3nc(-c4ccccc4)nc(-c4ccccc4)n3)cc2)cc1.Brc1ccc(-c2ccc(-c3nc(-c4ccccc4)nc(-c4ccccc4)n3)cc2)cc1. The molecule has 0 saturated carbocycles. The van der Waals surface area contributed by atoms with Crippen molar-refractivity contribution in [1.82, 2.24) is 29.9 Å². The molecular weight excluding hydrogens is 892 g/mol. The average Bonchev–Trinajstić information content (AvgIpc) is 3.35. The molecule has 0 N–H and O–H groups in total. The summed E-state index contributed by atoms with van der Waals surface area (Å²) in [6, 6.07) is 73.3. The average molecular weight is 929 g/mol. The third kappa shape index (κ3) is 9.68. The van der Waals surface area contributed by atoms with Crippen LogP contribution >= 0.6 is 31.9 Å². The van der Waals surface area contributed by atoms with Crippen LogP contribution in [0.15, 0.2) is 227 Å². The zero-order valence-corrected chi connectivity index (χ0v) is 36.4. The van der Waals surface area contributed by atoms with Crippen LogP contribution in [0.25, 0.3) is 90.6 Å². The molecule has 0 aliphatic heterocycles. The second-order valence-corrected chi connectivity index (χ2v) is 16.1. The molecule has 0 radical (unpaired) electrons. The normalized spacial score (nSPS) is 10.7. The Hall–Kier alpha value is -7.26. The predicted octanol–water partition coefficient (Wildman–Crippen LogP) is 14.6. The number of hydrogen-bond donors (Lipinski definition) is 0. The first kappa shape index (κ1) is 40.2. The van der Waals surface area contributed by atoms with E-state index in [1.54, 1.807) is 0 Å². The van der Waals surface area contributed by atoms with E-state index in [-0.39, 0.29) is 0 Å². The fourth-order valence-corrected chi connectivity index (χ4v) is 7.31. The van der Waals surface area contributed by atoms with E-state index in [9.17, 15) is 0 Å². The maximum absolute atomic E-state index is 4.78. The number of rotatable bonds is 8. The summed E-state index contributed by atoms with van der Waals surface area (Å²) >= 11 is 6.98. The minimum atomic E-state index is 0.662. The standard InChI is InChI=1S/2C27H18BrN3/c2*28-24-17-15-20(16-18-24)19-11-13-23(14-12-19)27-30-25(21-7-3-1-4-8-21)29-26(31-27)22-9-5-2-6-10-22/h2*1-18H. The fraction of sp³-hybridized carbons (Fsp3) is 0. The van der Waals surface area contributed by atoms with Crippen LogP contribution in [0.3, 0.4) is 0 Å². The molecule has 0 fully saturated rings. The van der Waals surface area contributed by atoms with Crippen LogP contribution in [0.4, 0.5) is 0 Å². The first-order valence-electron chi connectivity index (χ1n) is 20.0. The third-order valence-corrected chi connectivity index (χ3v) is 11.1. The molecule has 0 bridgehead atoms. The predicted molar refractivity (Wildman–Crippen MR) is 259 cm³/mol. The van der Waals surface area contributed by atoms with Crippen molar-refractivity contribution in [3.63, 3.8) is 0 Å². The minimum absolute atomic E-state index is 0.662. The van der Waals surface area contributed by atoms with E-state index >= 15 is 0 Å². The van der Waals surface area contributed by atoms with E-state index in [1.807, 2.05) is 146 Å². The Morgan fingerprint density at radius 1 is 0.177 bits per heavy atom. The quantitative estimate of drug-likeness (QED) is 0.151. The molecule has 0 atom stereocenters. The van der Waals surface area contributed by atoms with Crippen molar-refractivity contribution in [1.29, 1.82) is 0 Å². The molecule has 0 aliphatic carbocycles. The first-order valence-corrected chi connectivity index (χ1v) is 21.6. The molecule has 0 unspecified atom stereocenters. The molecule has 62 heavy (non-hydrogen) atoms. The van der Waals surface area contributed by atoms with Gasteiger partial charge in [-0.3, -0.25) is 0 Å². The van der Waals surface area contributed by atoms with Gasteiger partial charge in [-0.05, 0) is 46.5 Å². The van der Waals surface area contributed by atoms with Crippen LogP contribution < -0.4 is 0 Å². The van der Waals surface area contributed by atoms with Gasteiger partial charge in [-0.25, -0.2) is 29.9 Å². The number of hydrogen-bond acceptors (Lipinski definition) is 6. The Morgan fingerprint density at radius 2 is 0.339 bits per heavy atom. The van der Waals surface area contributed by atoms with E-state index in [0.717, 1.165) is 53.5 Å². The zero-order valence-electron chi connectivity index (χ0n) is 33.2.